The van der Waals surface area contributed by atoms with Gasteiger partial charge < -0.3 is 25.4 Å². The van der Waals surface area contributed by atoms with Crippen LogP contribution in [0.25, 0.3) is 0 Å². The van der Waals surface area contributed by atoms with E-state index in [0.717, 1.165) is 0 Å². The zero-order valence-electron chi connectivity index (χ0n) is 14.8. The molecule has 8 heteroatoms. The summed E-state index contributed by atoms with van der Waals surface area (Å²) in [4.78, 5) is 15.7. The molecule has 8 nitrogen and oxygen atoms in total. The van der Waals surface area contributed by atoms with Gasteiger partial charge in [0.1, 0.15) is 11.3 Å². The van der Waals surface area contributed by atoms with Gasteiger partial charge in [-0.2, -0.15) is 5.10 Å². The molecule has 0 saturated carbocycles. The molecule has 0 heterocycles. The van der Waals surface area contributed by atoms with Gasteiger partial charge in [-0.1, -0.05) is 0 Å². The Hall–Kier alpha value is -1.67. The first-order valence-electron chi connectivity index (χ1n) is 7.81. The van der Waals surface area contributed by atoms with E-state index in [1.807, 2.05) is 34.6 Å². The van der Waals surface area contributed by atoms with Crippen molar-refractivity contribution in [1.29, 1.82) is 0 Å². The number of nitrogens with two attached hydrogens (primary N) is 1. The van der Waals surface area contributed by atoms with Crippen molar-refractivity contribution in [2.24, 2.45) is 15.9 Å². The Balaban J connectivity index is 4.09. The SMILES string of the molecule is CCOC(OCC)/C(C=NCCCNC(=O)OC(C)(C)C)=N/N. The fraction of sp³-hybridized carbons (Fsp3) is 0.800. The van der Waals surface area contributed by atoms with E-state index in [4.69, 9.17) is 20.1 Å². The normalized spacial score (nSPS) is 12.9. The second kappa shape index (κ2) is 11.8. The number of hydrogen-bond donors (Lipinski definition) is 2. The fourth-order valence-electron chi connectivity index (χ4n) is 1.51. The second-order valence-corrected chi connectivity index (χ2v) is 5.61. The van der Waals surface area contributed by atoms with Crippen LogP contribution in [0, 0.1) is 0 Å². The molecular weight excluding hydrogens is 300 g/mol. The maximum absolute atomic E-state index is 11.4. The van der Waals surface area contributed by atoms with Crippen LogP contribution in [0.3, 0.4) is 0 Å². The molecular formula is C15H30N4O4. The minimum atomic E-state index is -0.612. The van der Waals surface area contributed by atoms with Crippen LogP contribution in [0.1, 0.15) is 41.0 Å². The van der Waals surface area contributed by atoms with Gasteiger partial charge >= 0.3 is 6.09 Å². The molecule has 0 aromatic heterocycles. The average Bonchev–Trinajstić information content (AvgIpc) is 2.44. The van der Waals surface area contributed by atoms with Crippen LogP contribution in [-0.4, -0.2) is 56.2 Å². The number of hydrogen-bond acceptors (Lipinski definition) is 7. The first-order valence-corrected chi connectivity index (χ1v) is 7.81. The van der Waals surface area contributed by atoms with Gasteiger partial charge in [0.2, 0.25) is 6.29 Å². The molecule has 0 bridgehead atoms. The monoisotopic (exact) mass is 330 g/mol. The molecule has 0 fully saturated rings. The van der Waals surface area contributed by atoms with Crippen LogP contribution in [0.5, 0.6) is 0 Å². The molecule has 0 aromatic carbocycles. The number of nitrogens with one attached hydrogen (secondary N) is 1. The summed E-state index contributed by atoms with van der Waals surface area (Å²) in [5.41, 5.74) is -0.0729. The van der Waals surface area contributed by atoms with E-state index >= 15 is 0 Å². The third-order valence-electron chi connectivity index (χ3n) is 2.38. The van der Waals surface area contributed by atoms with Crippen molar-refractivity contribution in [3.8, 4) is 0 Å². The summed E-state index contributed by atoms with van der Waals surface area (Å²) in [6.45, 7) is 11.1. The fourth-order valence-corrected chi connectivity index (χ4v) is 1.51. The van der Waals surface area contributed by atoms with Gasteiger partial charge in [-0.05, 0) is 41.0 Å². The number of hydrazone groups is 1. The zero-order valence-corrected chi connectivity index (χ0v) is 14.8. The third kappa shape index (κ3) is 11.5. The number of aliphatic imine (C=N–C) groups is 1. The molecule has 0 radical (unpaired) electrons. The van der Waals surface area contributed by atoms with Crippen LogP contribution < -0.4 is 11.2 Å². The third-order valence-corrected chi connectivity index (χ3v) is 2.38. The van der Waals surface area contributed by atoms with E-state index in [9.17, 15) is 4.79 Å². The molecule has 3 N–H and O–H groups in total. The standard InChI is InChI=1S/C15H30N4O4/c1-6-21-13(22-7-2)12(19-16)11-17-9-8-10-18-14(20)23-15(3,4)5/h11,13H,6-10,16H2,1-5H3,(H,18,20)/b17-11?,19-12+. The Morgan fingerprint density at radius 3 is 2.35 bits per heavy atom. The van der Waals surface area contributed by atoms with Gasteiger partial charge in [-0.25, -0.2) is 4.79 Å². The van der Waals surface area contributed by atoms with Crippen LogP contribution in [0.15, 0.2) is 10.1 Å². The molecule has 0 aliphatic heterocycles. The molecule has 0 aliphatic rings. The number of ether oxygens (including phenoxy) is 3. The van der Waals surface area contributed by atoms with Gasteiger partial charge in [0.25, 0.3) is 0 Å². The van der Waals surface area contributed by atoms with E-state index in [-0.39, 0.29) is 0 Å². The number of amides is 1. The molecule has 23 heavy (non-hydrogen) atoms. The van der Waals surface area contributed by atoms with E-state index < -0.39 is 18.0 Å². The molecule has 0 rings (SSSR count). The Morgan fingerprint density at radius 1 is 1.26 bits per heavy atom. The lowest BCUT2D eigenvalue weighted by atomic mass is 10.2. The van der Waals surface area contributed by atoms with Crippen LogP contribution in [-0.2, 0) is 14.2 Å². The maximum atomic E-state index is 11.4. The Kier molecular flexibility index (Phi) is 11.0. The lowest BCUT2D eigenvalue weighted by Crippen LogP contribution is -2.33. The lowest BCUT2D eigenvalue weighted by molar-refractivity contribution is -0.0886. The van der Waals surface area contributed by atoms with E-state index in [1.165, 1.54) is 6.21 Å². The van der Waals surface area contributed by atoms with Crippen molar-refractivity contribution in [2.75, 3.05) is 26.3 Å². The van der Waals surface area contributed by atoms with Crippen molar-refractivity contribution >= 4 is 18.0 Å². The Bertz CT molecular complexity index is 385. The zero-order chi connectivity index (χ0) is 17.7. The average molecular weight is 330 g/mol. The second-order valence-electron chi connectivity index (χ2n) is 5.61. The summed E-state index contributed by atoms with van der Waals surface area (Å²) in [5, 5.41) is 6.30. The summed E-state index contributed by atoms with van der Waals surface area (Å²) in [6.07, 6.45) is 1.16. The smallest absolute Gasteiger partial charge is 0.407 e. The first-order chi connectivity index (χ1) is 10.8. The number of alkyl carbamates (subject to hydrolysis) is 1. The van der Waals surface area contributed by atoms with Gasteiger partial charge in [-0.3, -0.25) is 4.99 Å². The summed E-state index contributed by atoms with van der Waals surface area (Å²) < 4.78 is 15.9. The molecule has 0 saturated heterocycles. The Morgan fingerprint density at radius 2 is 1.87 bits per heavy atom. The van der Waals surface area contributed by atoms with E-state index in [1.54, 1.807) is 0 Å². The molecule has 1 amide bonds. The molecule has 134 valence electrons. The highest BCUT2D eigenvalue weighted by Crippen LogP contribution is 2.06. The molecule has 0 aromatic rings. The van der Waals surface area contributed by atoms with Gasteiger partial charge in [-0.15, -0.1) is 0 Å². The van der Waals surface area contributed by atoms with Gasteiger partial charge in [0.05, 0.1) is 0 Å². The molecule has 0 atom stereocenters. The summed E-state index contributed by atoms with van der Waals surface area (Å²) >= 11 is 0. The molecule has 0 spiro atoms. The first kappa shape index (κ1) is 21.3. The number of carbonyl (C=O) groups is 1. The predicted molar refractivity (Wildman–Crippen MR) is 90.9 cm³/mol. The van der Waals surface area contributed by atoms with Crippen LogP contribution in [0.2, 0.25) is 0 Å². The van der Waals surface area contributed by atoms with Crippen LogP contribution in [0.4, 0.5) is 4.79 Å². The topological polar surface area (TPSA) is 108 Å². The molecule has 0 aliphatic carbocycles. The van der Waals surface area contributed by atoms with Gasteiger partial charge in [0, 0.05) is 32.5 Å². The van der Waals surface area contributed by atoms with Crippen LogP contribution >= 0.6 is 0 Å². The largest absolute Gasteiger partial charge is 0.444 e. The molecule has 0 unspecified atom stereocenters. The van der Waals surface area contributed by atoms with Crippen molar-refractivity contribution in [2.45, 2.75) is 52.9 Å². The Labute approximate surface area is 138 Å². The summed E-state index contributed by atoms with van der Waals surface area (Å²) in [6, 6.07) is 0. The van der Waals surface area contributed by atoms with E-state index in [0.29, 0.717) is 38.4 Å². The number of carbonyl (C=O) groups excluding carboxylic acids is 1. The highest BCUT2D eigenvalue weighted by molar-refractivity contribution is 6.32. The van der Waals surface area contributed by atoms with Crippen molar-refractivity contribution in [3.63, 3.8) is 0 Å². The highest BCUT2D eigenvalue weighted by atomic mass is 16.7. The van der Waals surface area contributed by atoms with Crippen molar-refractivity contribution in [3.05, 3.63) is 0 Å². The highest BCUT2D eigenvalue weighted by Gasteiger charge is 2.15. The lowest BCUT2D eigenvalue weighted by Gasteiger charge is -2.19. The minimum absolute atomic E-state index is 0.425. The summed E-state index contributed by atoms with van der Waals surface area (Å²) in [5.74, 6) is 5.34. The predicted octanol–water partition coefficient (Wildman–Crippen LogP) is 1.69. The number of rotatable bonds is 10. The minimum Gasteiger partial charge on any atom is -0.444 e. The van der Waals surface area contributed by atoms with Crippen molar-refractivity contribution in [1.82, 2.24) is 5.32 Å². The van der Waals surface area contributed by atoms with Gasteiger partial charge in [0.15, 0.2) is 0 Å². The van der Waals surface area contributed by atoms with E-state index in [2.05, 4.69) is 15.4 Å². The summed E-state index contributed by atoms with van der Waals surface area (Å²) in [7, 11) is 0. The van der Waals surface area contributed by atoms with Crippen molar-refractivity contribution < 1.29 is 19.0 Å². The number of nitrogens with zero attached hydrogens (tertiary/aromatic N) is 2. The quantitative estimate of drug-likeness (QED) is 0.208. The maximum Gasteiger partial charge on any atom is 0.407 e.